The second kappa shape index (κ2) is 9.95. The molecule has 3 rings (SSSR count). The van der Waals surface area contributed by atoms with Crippen molar-refractivity contribution in [1.29, 1.82) is 10.8 Å². The van der Waals surface area contributed by atoms with Gasteiger partial charge in [0.15, 0.2) is 0 Å². The molecular formula is C21H23ClN4O3. The summed E-state index contributed by atoms with van der Waals surface area (Å²) in [5, 5.41) is 24.3. The molecule has 0 unspecified atom stereocenters. The number of benzene rings is 2. The number of ether oxygens (including phenoxy) is 1. The molecule has 1 aliphatic heterocycles. The maximum Gasteiger partial charge on any atom is 0.132 e. The molecule has 2 aromatic carbocycles. The molecule has 7 nitrogen and oxygen atoms in total. The summed E-state index contributed by atoms with van der Waals surface area (Å²) in [7, 11) is 2.58. The predicted molar refractivity (Wildman–Crippen MR) is 116 cm³/mol. The highest BCUT2D eigenvalue weighted by molar-refractivity contribution is 6.31. The number of fused-ring (bicyclic) bond motifs is 1. The van der Waals surface area contributed by atoms with Gasteiger partial charge in [-0.3, -0.25) is 20.7 Å². The SMILES string of the molecule is CO.COc1ccc2c(c1)C(c1ccc(Cl)cc1)=N[C@@H](CC=O)C(=N)N2C(C)=N. The number of aldehydes is 1. The fraction of sp³-hybridized carbons (Fsp3) is 0.238. The van der Waals surface area contributed by atoms with Crippen LogP contribution in [0.5, 0.6) is 5.75 Å². The fourth-order valence-electron chi connectivity index (χ4n) is 3.05. The van der Waals surface area contributed by atoms with Crippen LogP contribution in [0, 0.1) is 10.8 Å². The zero-order valence-corrected chi connectivity index (χ0v) is 17.2. The van der Waals surface area contributed by atoms with Crippen LogP contribution in [0.15, 0.2) is 47.5 Å². The Morgan fingerprint density at radius 2 is 1.93 bits per heavy atom. The van der Waals surface area contributed by atoms with Crippen molar-refractivity contribution in [2.45, 2.75) is 19.4 Å². The number of aliphatic imine (C=N–C) groups is 1. The maximum absolute atomic E-state index is 11.2. The second-order valence-corrected chi connectivity index (χ2v) is 6.53. The quantitative estimate of drug-likeness (QED) is 0.403. The highest BCUT2D eigenvalue weighted by Gasteiger charge is 2.30. The summed E-state index contributed by atoms with van der Waals surface area (Å²) in [4.78, 5) is 17.4. The van der Waals surface area contributed by atoms with Crippen molar-refractivity contribution in [3.8, 4) is 5.75 Å². The topological polar surface area (TPSA) is 110 Å². The Morgan fingerprint density at radius 3 is 2.48 bits per heavy atom. The van der Waals surface area contributed by atoms with Crippen molar-refractivity contribution in [2.75, 3.05) is 19.1 Å². The van der Waals surface area contributed by atoms with Crippen molar-refractivity contribution in [2.24, 2.45) is 4.99 Å². The number of nitrogens with one attached hydrogen (secondary N) is 2. The average molecular weight is 415 g/mol. The number of carbonyl (C=O) groups excluding carboxylic acids is 1. The molecule has 1 atom stereocenters. The summed E-state index contributed by atoms with van der Waals surface area (Å²) < 4.78 is 5.36. The molecule has 3 N–H and O–H groups in total. The molecule has 1 heterocycles. The molecule has 0 saturated carbocycles. The maximum atomic E-state index is 11.2. The lowest BCUT2D eigenvalue weighted by Crippen LogP contribution is -2.40. The zero-order chi connectivity index (χ0) is 21.6. The Labute approximate surface area is 174 Å². The standard InChI is InChI=1S/C20H19ClN4O2.CH4O/c1-12(22)25-18-8-7-15(27-2)11-16(18)19(13-3-5-14(21)6-4-13)24-17(9-10-26)20(25)23;1-2/h3-8,10-11,17,22-23H,9H2,1-2H3;2H,1H3/t17-;/m0./s1. The molecule has 0 spiro atoms. The summed E-state index contributed by atoms with van der Waals surface area (Å²) in [6.45, 7) is 1.60. The first-order valence-corrected chi connectivity index (χ1v) is 9.18. The fourth-order valence-corrected chi connectivity index (χ4v) is 3.17. The van der Waals surface area contributed by atoms with Gasteiger partial charge in [0.05, 0.1) is 18.5 Å². The first-order valence-electron chi connectivity index (χ1n) is 8.80. The molecule has 29 heavy (non-hydrogen) atoms. The van der Waals surface area contributed by atoms with Gasteiger partial charge in [0.25, 0.3) is 0 Å². The van der Waals surface area contributed by atoms with Gasteiger partial charge in [-0.05, 0) is 37.3 Å². The Morgan fingerprint density at radius 1 is 1.28 bits per heavy atom. The lowest BCUT2D eigenvalue weighted by Gasteiger charge is -2.26. The van der Waals surface area contributed by atoms with Gasteiger partial charge in [-0.2, -0.15) is 0 Å². The third kappa shape index (κ3) is 4.70. The van der Waals surface area contributed by atoms with E-state index < -0.39 is 6.04 Å². The molecule has 1 aliphatic rings. The number of aliphatic hydroxyl groups excluding tert-OH is 1. The highest BCUT2D eigenvalue weighted by atomic mass is 35.5. The van der Waals surface area contributed by atoms with Crippen LogP contribution in [0.4, 0.5) is 5.69 Å². The minimum atomic E-state index is -0.688. The molecule has 0 aromatic heterocycles. The molecule has 8 heteroatoms. The number of hydrogen-bond donors (Lipinski definition) is 3. The number of aliphatic hydroxyl groups is 1. The van der Waals surface area contributed by atoms with Gasteiger partial charge in [0.2, 0.25) is 0 Å². The van der Waals surface area contributed by atoms with Crippen molar-refractivity contribution in [3.63, 3.8) is 0 Å². The number of anilines is 1. The molecule has 2 aromatic rings. The van der Waals surface area contributed by atoms with E-state index in [1.165, 1.54) is 4.90 Å². The van der Waals surface area contributed by atoms with Crippen LogP contribution in [0.25, 0.3) is 0 Å². The van der Waals surface area contributed by atoms with Gasteiger partial charge in [0, 0.05) is 29.7 Å². The summed E-state index contributed by atoms with van der Waals surface area (Å²) in [5.74, 6) is 0.901. The number of methoxy groups -OCH3 is 1. The summed E-state index contributed by atoms with van der Waals surface area (Å²) in [6.07, 6.45) is 0.807. The third-order valence-electron chi connectivity index (χ3n) is 4.31. The van der Waals surface area contributed by atoms with Crippen LogP contribution in [0.2, 0.25) is 5.02 Å². The Kier molecular flexibility index (Phi) is 7.64. The van der Waals surface area contributed by atoms with Crippen molar-refractivity contribution >= 4 is 41.0 Å². The van der Waals surface area contributed by atoms with Crippen molar-refractivity contribution in [3.05, 3.63) is 58.6 Å². The molecule has 0 radical (unpaired) electrons. The van der Waals surface area contributed by atoms with E-state index in [0.717, 1.165) is 24.5 Å². The van der Waals surface area contributed by atoms with Crippen molar-refractivity contribution in [1.82, 2.24) is 0 Å². The predicted octanol–water partition coefficient (Wildman–Crippen LogP) is 3.55. The van der Waals surface area contributed by atoms with Crippen LogP contribution in [-0.4, -0.2) is 49.0 Å². The Hall–Kier alpha value is -3.03. The Balaban J connectivity index is 0.00000145. The summed E-state index contributed by atoms with van der Waals surface area (Å²) in [6, 6.07) is 11.9. The van der Waals surface area contributed by atoms with Gasteiger partial charge in [-0.25, -0.2) is 0 Å². The number of benzodiazepines with no additional fused rings is 1. The van der Waals surface area contributed by atoms with E-state index in [9.17, 15) is 4.79 Å². The molecule has 152 valence electrons. The minimum Gasteiger partial charge on any atom is -0.497 e. The van der Waals surface area contributed by atoms with Crippen LogP contribution >= 0.6 is 11.6 Å². The minimum absolute atomic E-state index is 0.0603. The largest absolute Gasteiger partial charge is 0.497 e. The monoisotopic (exact) mass is 414 g/mol. The van der Waals surface area contributed by atoms with E-state index in [1.54, 1.807) is 38.3 Å². The number of rotatable bonds is 4. The number of halogens is 1. The van der Waals surface area contributed by atoms with E-state index in [4.69, 9.17) is 37.3 Å². The highest BCUT2D eigenvalue weighted by Crippen LogP contribution is 2.32. The smallest absolute Gasteiger partial charge is 0.132 e. The van der Waals surface area contributed by atoms with E-state index in [-0.39, 0.29) is 18.1 Å². The van der Waals surface area contributed by atoms with Crippen LogP contribution in [-0.2, 0) is 4.79 Å². The van der Waals surface area contributed by atoms with E-state index in [0.29, 0.717) is 22.2 Å². The normalized spacial score (nSPS) is 15.3. The van der Waals surface area contributed by atoms with Gasteiger partial charge >= 0.3 is 0 Å². The zero-order valence-electron chi connectivity index (χ0n) is 16.4. The molecule has 0 saturated heterocycles. The first-order chi connectivity index (χ1) is 14.0. The van der Waals surface area contributed by atoms with E-state index >= 15 is 0 Å². The van der Waals surface area contributed by atoms with Gasteiger partial charge in [0.1, 0.15) is 29.7 Å². The average Bonchev–Trinajstić information content (AvgIpc) is 2.84. The number of hydrogen-bond acceptors (Lipinski definition) is 6. The molecular weight excluding hydrogens is 392 g/mol. The van der Waals surface area contributed by atoms with Gasteiger partial charge < -0.3 is 14.6 Å². The summed E-state index contributed by atoms with van der Waals surface area (Å²) >= 11 is 6.02. The molecule has 0 amide bonds. The number of nitrogens with zero attached hydrogens (tertiary/aromatic N) is 2. The lowest BCUT2D eigenvalue weighted by atomic mass is 9.99. The summed E-state index contributed by atoms with van der Waals surface area (Å²) in [5.41, 5.74) is 2.81. The third-order valence-corrected chi connectivity index (χ3v) is 4.57. The molecule has 0 bridgehead atoms. The van der Waals surface area contributed by atoms with Gasteiger partial charge in [-0.1, -0.05) is 23.7 Å². The van der Waals surface area contributed by atoms with Crippen LogP contribution in [0.3, 0.4) is 0 Å². The van der Waals surface area contributed by atoms with Gasteiger partial charge in [-0.15, -0.1) is 0 Å². The molecule has 0 aliphatic carbocycles. The molecule has 0 fully saturated rings. The number of carbonyl (C=O) groups is 1. The lowest BCUT2D eigenvalue weighted by molar-refractivity contribution is -0.107. The van der Waals surface area contributed by atoms with Crippen LogP contribution < -0.4 is 9.64 Å². The van der Waals surface area contributed by atoms with E-state index in [1.807, 2.05) is 18.2 Å². The van der Waals surface area contributed by atoms with E-state index in [2.05, 4.69) is 0 Å². The first kappa shape index (κ1) is 22.3. The number of amidine groups is 2. The van der Waals surface area contributed by atoms with Crippen molar-refractivity contribution < 1.29 is 14.6 Å². The van der Waals surface area contributed by atoms with Crippen LogP contribution in [0.1, 0.15) is 24.5 Å². The second-order valence-electron chi connectivity index (χ2n) is 6.09. The Bertz CT molecular complexity index is 941.